The van der Waals surface area contributed by atoms with E-state index in [0.29, 0.717) is 59.1 Å². The number of carbonyl (C=O) groups excluding carboxylic acids is 1. The molecule has 2 aromatic rings. The molecule has 1 heterocycles. The molecule has 0 saturated heterocycles. The zero-order chi connectivity index (χ0) is 31.2. The van der Waals surface area contributed by atoms with Crippen LogP contribution in [0.3, 0.4) is 0 Å². The van der Waals surface area contributed by atoms with Gasteiger partial charge in [-0.15, -0.1) is 0 Å². The summed E-state index contributed by atoms with van der Waals surface area (Å²) in [5.74, 6) is 2.33. The number of Topliss-reactive ketones (excluding diaryl/α,β-unsaturated/α-hetero) is 1. The van der Waals surface area contributed by atoms with Crippen LogP contribution < -0.4 is 23.7 Å². The van der Waals surface area contributed by atoms with Gasteiger partial charge in [-0.3, -0.25) is 4.79 Å². The molecule has 42 heavy (non-hydrogen) atoms. The van der Waals surface area contributed by atoms with Crippen molar-refractivity contribution >= 4 is 5.78 Å². The molecule has 0 fully saturated rings. The van der Waals surface area contributed by atoms with Crippen LogP contribution in [0.15, 0.2) is 29.8 Å². The third-order valence-corrected chi connectivity index (χ3v) is 8.02. The summed E-state index contributed by atoms with van der Waals surface area (Å²) in [6, 6.07) is 5.48. The van der Waals surface area contributed by atoms with Crippen molar-refractivity contribution in [2.24, 2.45) is 0 Å². The van der Waals surface area contributed by atoms with Gasteiger partial charge in [0.25, 0.3) is 0 Å². The van der Waals surface area contributed by atoms with Crippen molar-refractivity contribution in [1.82, 2.24) is 0 Å². The van der Waals surface area contributed by atoms with Crippen LogP contribution in [0.25, 0.3) is 0 Å². The van der Waals surface area contributed by atoms with E-state index in [2.05, 4.69) is 13.0 Å². The van der Waals surface area contributed by atoms with Crippen LogP contribution in [0.4, 0.5) is 0 Å². The molecule has 8 nitrogen and oxygen atoms in total. The number of fused-ring (bicyclic) bond motifs is 1. The van der Waals surface area contributed by atoms with Gasteiger partial charge in [-0.25, -0.2) is 0 Å². The number of rotatable bonds is 14. The Labute approximate surface area is 250 Å². The molecule has 1 aliphatic heterocycles. The maximum atomic E-state index is 13.7. The van der Waals surface area contributed by atoms with E-state index in [9.17, 15) is 15.0 Å². The summed E-state index contributed by atoms with van der Waals surface area (Å²) in [6.07, 6.45) is 5.50. The first-order chi connectivity index (χ1) is 19.8. The van der Waals surface area contributed by atoms with Gasteiger partial charge in [0.2, 0.25) is 0 Å². The molecule has 0 saturated carbocycles. The smallest absolute Gasteiger partial charge is 0.174 e. The molecule has 1 aliphatic rings. The highest BCUT2D eigenvalue weighted by Gasteiger charge is 2.36. The minimum absolute atomic E-state index is 0.107. The number of carbonyl (C=O) groups is 1. The Kier molecular flexibility index (Phi) is 11.0. The lowest BCUT2D eigenvalue weighted by Crippen LogP contribution is -2.28. The maximum Gasteiger partial charge on any atom is 0.174 e. The molecule has 0 radical (unpaired) electrons. The van der Waals surface area contributed by atoms with Crippen molar-refractivity contribution in [2.45, 2.75) is 96.9 Å². The van der Waals surface area contributed by atoms with Crippen molar-refractivity contribution in [3.05, 3.63) is 52.1 Å². The molecular formula is C34H48O8. The topological polar surface area (TPSA) is 104 Å². The number of ketones is 1. The van der Waals surface area contributed by atoms with E-state index in [0.717, 1.165) is 24.0 Å². The average Bonchev–Trinajstić information content (AvgIpc) is 2.94. The molecule has 0 amide bonds. The number of aliphatic hydroxyl groups is 2. The predicted molar refractivity (Wildman–Crippen MR) is 164 cm³/mol. The summed E-state index contributed by atoms with van der Waals surface area (Å²) >= 11 is 0. The second kappa shape index (κ2) is 13.8. The van der Waals surface area contributed by atoms with Crippen molar-refractivity contribution in [3.8, 4) is 28.7 Å². The molecule has 3 rings (SSSR count). The van der Waals surface area contributed by atoms with Gasteiger partial charge in [-0.05, 0) is 65.9 Å². The Hall–Kier alpha value is -3.23. The molecule has 232 valence electrons. The Bertz CT molecular complexity index is 1290. The Balaban J connectivity index is 2.03. The first-order valence-electron chi connectivity index (χ1n) is 14.6. The second-order valence-corrected chi connectivity index (χ2v) is 12.0. The van der Waals surface area contributed by atoms with E-state index in [4.69, 9.17) is 23.7 Å². The lowest BCUT2D eigenvalue weighted by Gasteiger charge is -2.31. The van der Waals surface area contributed by atoms with Crippen molar-refractivity contribution in [2.75, 3.05) is 28.4 Å². The highest BCUT2D eigenvalue weighted by atomic mass is 16.5. The molecule has 2 N–H and O–H groups in total. The highest BCUT2D eigenvalue weighted by Crippen LogP contribution is 2.48. The van der Waals surface area contributed by atoms with Gasteiger partial charge in [-0.1, -0.05) is 24.6 Å². The van der Waals surface area contributed by atoms with E-state index in [1.807, 2.05) is 32.9 Å². The summed E-state index contributed by atoms with van der Waals surface area (Å²) in [5.41, 5.74) is 2.23. The summed E-state index contributed by atoms with van der Waals surface area (Å²) in [7, 11) is 6.27. The standard InChI is InChI=1S/C34H48O8/c1-10-34(5,37)20-24-27(39-7)19-29-30(32(24)41-9)25(35)18-28(42-29)22-15-16-26(38-6)31(40-8)23(22)14-13-21(2)12-11-17-33(3,4)36/h13,15-16,19,28,36-37H,10-12,14,17-18,20H2,1-9H3. The van der Waals surface area contributed by atoms with E-state index in [-0.39, 0.29) is 18.6 Å². The third-order valence-electron chi connectivity index (χ3n) is 8.02. The quantitative estimate of drug-likeness (QED) is 0.241. The fraction of sp³-hybridized carbons (Fsp3) is 0.559. The van der Waals surface area contributed by atoms with Gasteiger partial charge in [-0.2, -0.15) is 0 Å². The zero-order valence-electron chi connectivity index (χ0n) is 26.7. The lowest BCUT2D eigenvalue weighted by molar-refractivity contribution is 0.0548. The Morgan fingerprint density at radius 1 is 1.00 bits per heavy atom. The summed E-state index contributed by atoms with van der Waals surface area (Å²) < 4.78 is 29.4. The molecule has 0 aromatic heterocycles. The normalized spacial score (nSPS) is 16.8. The van der Waals surface area contributed by atoms with Crippen LogP contribution in [0, 0.1) is 0 Å². The number of methoxy groups -OCH3 is 4. The molecule has 2 atom stereocenters. The zero-order valence-corrected chi connectivity index (χ0v) is 26.7. The predicted octanol–water partition coefficient (Wildman–Crippen LogP) is 6.56. The van der Waals surface area contributed by atoms with Crippen molar-refractivity contribution in [1.29, 1.82) is 0 Å². The first kappa shape index (κ1) is 33.3. The average molecular weight is 585 g/mol. The lowest BCUT2D eigenvalue weighted by atomic mass is 9.87. The number of hydrogen-bond acceptors (Lipinski definition) is 8. The molecular weight excluding hydrogens is 536 g/mol. The Morgan fingerprint density at radius 3 is 2.24 bits per heavy atom. The summed E-state index contributed by atoms with van der Waals surface area (Å²) in [4.78, 5) is 13.7. The van der Waals surface area contributed by atoms with E-state index in [1.54, 1.807) is 34.3 Å². The number of hydrogen-bond donors (Lipinski definition) is 2. The third kappa shape index (κ3) is 7.78. The van der Waals surface area contributed by atoms with Crippen LogP contribution >= 0.6 is 0 Å². The SMILES string of the molecule is CCC(C)(O)Cc1c(OC)cc2c(c1OC)C(=O)CC(c1ccc(OC)c(OC)c1CC=C(C)CCCC(C)(C)O)O2. The molecule has 0 bridgehead atoms. The van der Waals surface area contributed by atoms with Crippen molar-refractivity contribution in [3.63, 3.8) is 0 Å². The minimum atomic E-state index is -0.996. The van der Waals surface area contributed by atoms with Gasteiger partial charge in [0.15, 0.2) is 17.3 Å². The van der Waals surface area contributed by atoms with Gasteiger partial charge in [0.1, 0.15) is 28.9 Å². The van der Waals surface area contributed by atoms with E-state index >= 15 is 0 Å². The Morgan fingerprint density at radius 2 is 1.67 bits per heavy atom. The minimum Gasteiger partial charge on any atom is -0.496 e. The molecule has 2 aromatic carbocycles. The summed E-state index contributed by atoms with van der Waals surface area (Å²) in [6.45, 7) is 9.39. The van der Waals surface area contributed by atoms with Gasteiger partial charge in [0, 0.05) is 29.2 Å². The molecule has 0 aliphatic carbocycles. The van der Waals surface area contributed by atoms with Gasteiger partial charge >= 0.3 is 0 Å². The second-order valence-electron chi connectivity index (χ2n) is 12.0. The van der Waals surface area contributed by atoms with Gasteiger partial charge in [0.05, 0.1) is 46.1 Å². The van der Waals surface area contributed by atoms with Crippen LogP contribution in [0.1, 0.15) is 99.9 Å². The van der Waals surface area contributed by atoms with Crippen LogP contribution in [-0.4, -0.2) is 55.6 Å². The van der Waals surface area contributed by atoms with Crippen LogP contribution in [-0.2, 0) is 12.8 Å². The maximum absolute atomic E-state index is 13.7. The van der Waals surface area contributed by atoms with Crippen molar-refractivity contribution < 1.29 is 38.7 Å². The van der Waals surface area contributed by atoms with Crippen LogP contribution in [0.5, 0.6) is 28.7 Å². The number of allylic oxidation sites excluding steroid dienone is 2. The van der Waals surface area contributed by atoms with E-state index in [1.165, 1.54) is 12.7 Å². The highest BCUT2D eigenvalue weighted by molar-refractivity contribution is 6.03. The number of ether oxygens (including phenoxy) is 5. The molecule has 8 heteroatoms. The number of benzene rings is 2. The van der Waals surface area contributed by atoms with E-state index < -0.39 is 17.3 Å². The summed E-state index contributed by atoms with van der Waals surface area (Å²) in [5, 5.41) is 20.9. The largest absolute Gasteiger partial charge is 0.496 e. The van der Waals surface area contributed by atoms with Crippen LogP contribution in [0.2, 0.25) is 0 Å². The van der Waals surface area contributed by atoms with Gasteiger partial charge < -0.3 is 33.9 Å². The first-order valence-corrected chi connectivity index (χ1v) is 14.6. The fourth-order valence-electron chi connectivity index (χ4n) is 5.43. The fourth-order valence-corrected chi connectivity index (χ4v) is 5.43. The molecule has 2 unspecified atom stereocenters. The molecule has 0 spiro atoms. The monoisotopic (exact) mass is 584 g/mol.